The van der Waals surface area contributed by atoms with Crippen LogP contribution in [0.5, 0.6) is 23.1 Å². The van der Waals surface area contributed by atoms with Crippen LogP contribution in [-0.4, -0.2) is 67.8 Å². The van der Waals surface area contributed by atoms with Gasteiger partial charge in [-0.1, -0.05) is 12.1 Å². The van der Waals surface area contributed by atoms with Gasteiger partial charge in [-0.2, -0.15) is 4.98 Å². The van der Waals surface area contributed by atoms with Crippen LogP contribution in [0.2, 0.25) is 0 Å². The molecule has 1 fully saturated rings. The lowest BCUT2D eigenvalue weighted by molar-refractivity contribution is 0.0728. The predicted octanol–water partition coefficient (Wildman–Crippen LogP) is 3.32. The fourth-order valence-corrected chi connectivity index (χ4v) is 4.28. The smallest absolute Gasteiger partial charge is 0.257 e. The van der Waals surface area contributed by atoms with E-state index in [9.17, 15) is 4.79 Å². The molecule has 9 heteroatoms. The number of aromatic nitrogens is 2. The molecule has 0 unspecified atom stereocenters. The molecule has 2 aromatic carbocycles. The number of anilines is 1. The Morgan fingerprint density at radius 1 is 0.914 bits per heavy atom. The van der Waals surface area contributed by atoms with Gasteiger partial charge in [-0.15, -0.1) is 0 Å². The highest BCUT2D eigenvalue weighted by Crippen LogP contribution is 2.33. The molecule has 2 aliphatic heterocycles. The van der Waals surface area contributed by atoms with Gasteiger partial charge in [0.15, 0.2) is 0 Å². The highest BCUT2D eigenvalue weighted by molar-refractivity contribution is 5.97. The summed E-state index contributed by atoms with van der Waals surface area (Å²) in [7, 11) is 3.19. The Hall–Kier alpha value is -3.85. The second-order valence-electron chi connectivity index (χ2n) is 8.31. The van der Waals surface area contributed by atoms with Gasteiger partial charge in [0.25, 0.3) is 5.91 Å². The third-order valence-electron chi connectivity index (χ3n) is 6.20. The molecule has 0 saturated carbocycles. The fourth-order valence-electron chi connectivity index (χ4n) is 4.28. The van der Waals surface area contributed by atoms with E-state index in [0.29, 0.717) is 61.6 Å². The number of carbonyl (C=O) groups is 1. The maximum atomic E-state index is 13.4. The number of benzene rings is 2. The summed E-state index contributed by atoms with van der Waals surface area (Å²) in [6.07, 6.45) is 0.606. The van der Waals surface area contributed by atoms with Crippen molar-refractivity contribution in [3.8, 4) is 23.1 Å². The summed E-state index contributed by atoms with van der Waals surface area (Å²) in [5.74, 6) is 2.91. The predicted molar refractivity (Wildman–Crippen MR) is 130 cm³/mol. The number of rotatable bonds is 6. The molecular weight excluding hydrogens is 448 g/mol. The molecular formula is C26H28N4O5. The van der Waals surface area contributed by atoms with Crippen molar-refractivity contribution in [1.29, 1.82) is 0 Å². The molecule has 0 spiro atoms. The Morgan fingerprint density at radius 2 is 1.66 bits per heavy atom. The van der Waals surface area contributed by atoms with Crippen LogP contribution in [0.15, 0.2) is 48.5 Å². The zero-order valence-electron chi connectivity index (χ0n) is 19.9. The van der Waals surface area contributed by atoms with Crippen molar-refractivity contribution in [2.45, 2.75) is 13.0 Å². The maximum absolute atomic E-state index is 13.4. The van der Waals surface area contributed by atoms with Gasteiger partial charge in [0.1, 0.15) is 17.2 Å². The van der Waals surface area contributed by atoms with E-state index in [4.69, 9.17) is 28.9 Å². The van der Waals surface area contributed by atoms with Crippen LogP contribution in [0.3, 0.4) is 0 Å². The molecule has 1 saturated heterocycles. The molecule has 2 aliphatic rings. The van der Waals surface area contributed by atoms with E-state index in [1.165, 1.54) is 0 Å². The molecule has 1 amide bonds. The van der Waals surface area contributed by atoms with Gasteiger partial charge < -0.3 is 28.7 Å². The maximum Gasteiger partial charge on any atom is 0.257 e. The minimum atomic E-state index is -0.0965. The average Bonchev–Trinajstić information content (AvgIpc) is 2.93. The SMILES string of the molecule is COc1ccc(Oc2nc(N3CCOCC3)nc3c2CN(C(=O)c2ccccc2OC)CC3)cc1. The quantitative estimate of drug-likeness (QED) is 0.536. The van der Waals surface area contributed by atoms with E-state index < -0.39 is 0 Å². The van der Waals surface area contributed by atoms with E-state index >= 15 is 0 Å². The van der Waals surface area contributed by atoms with Gasteiger partial charge in [0, 0.05) is 26.1 Å². The van der Waals surface area contributed by atoms with Crippen molar-refractivity contribution >= 4 is 11.9 Å². The Morgan fingerprint density at radius 3 is 2.40 bits per heavy atom. The third-order valence-corrected chi connectivity index (χ3v) is 6.20. The molecule has 35 heavy (non-hydrogen) atoms. The van der Waals surface area contributed by atoms with Crippen molar-refractivity contribution < 1.29 is 23.7 Å². The van der Waals surface area contributed by atoms with Gasteiger partial charge in [0.05, 0.1) is 50.8 Å². The van der Waals surface area contributed by atoms with Crippen LogP contribution >= 0.6 is 0 Å². The lowest BCUT2D eigenvalue weighted by Gasteiger charge is -2.32. The van der Waals surface area contributed by atoms with E-state index in [0.717, 1.165) is 30.1 Å². The zero-order chi connectivity index (χ0) is 24.2. The fraction of sp³-hybridized carbons (Fsp3) is 0.346. The Bertz CT molecular complexity index is 1190. The molecule has 9 nitrogen and oxygen atoms in total. The van der Waals surface area contributed by atoms with E-state index in [1.807, 2.05) is 36.4 Å². The monoisotopic (exact) mass is 476 g/mol. The Balaban J connectivity index is 1.48. The van der Waals surface area contributed by atoms with Crippen molar-refractivity contribution in [1.82, 2.24) is 14.9 Å². The summed E-state index contributed by atoms with van der Waals surface area (Å²) in [4.78, 5) is 26.9. The summed E-state index contributed by atoms with van der Waals surface area (Å²) < 4.78 is 22.4. The first-order valence-corrected chi connectivity index (χ1v) is 11.6. The normalized spacial score (nSPS) is 15.4. The number of ether oxygens (including phenoxy) is 4. The number of para-hydroxylation sites is 1. The number of methoxy groups -OCH3 is 2. The van der Waals surface area contributed by atoms with Crippen molar-refractivity contribution in [2.24, 2.45) is 0 Å². The van der Waals surface area contributed by atoms with Crippen molar-refractivity contribution in [3.63, 3.8) is 0 Å². The molecule has 3 heterocycles. The number of amides is 1. The van der Waals surface area contributed by atoms with Gasteiger partial charge in [-0.25, -0.2) is 4.98 Å². The third kappa shape index (κ3) is 4.85. The summed E-state index contributed by atoms with van der Waals surface area (Å²) in [5.41, 5.74) is 2.24. The minimum absolute atomic E-state index is 0.0965. The van der Waals surface area contributed by atoms with Crippen LogP contribution < -0.4 is 19.1 Å². The van der Waals surface area contributed by atoms with Crippen LogP contribution in [0, 0.1) is 0 Å². The summed E-state index contributed by atoms with van der Waals surface area (Å²) in [5, 5.41) is 0. The number of nitrogens with zero attached hydrogens (tertiary/aromatic N) is 4. The molecule has 3 aromatic rings. The van der Waals surface area contributed by atoms with Crippen LogP contribution in [0.1, 0.15) is 21.6 Å². The molecule has 0 N–H and O–H groups in total. The zero-order valence-corrected chi connectivity index (χ0v) is 19.9. The largest absolute Gasteiger partial charge is 0.497 e. The Kier molecular flexibility index (Phi) is 6.67. The summed E-state index contributed by atoms with van der Waals surface area (Å²) in [6.45, 7) is 3.61. The lowest BCUT2D eigenvalue weighted by Crippen LogP contribution is -2.39. The van der Waals surface area contributed by atoms with Gasteiger partial charge >= 0.3 is 0 Å². The van der Waals surface area contributed by atoms with Crippen LogP contribution in [-0.2, 0) is 17.7 Å². The summed E-state index contributed by atoms with van der Waals surface area (Å²) in [6, 6.07) is 14.6. The van der Waals surface area contributed by atoms with E-state index in [-0.39, 0.29) is 5.91 Å². The van der Waals surface area contributed by atoms with E-state index in [2.05, 4.69) is 4.90 Å². The van der Waals surface area contributed by atoms with Gasteiger partial charge in [0.2, 0.25) is 11.8 Å². The van der Waals surface area contributed by atoms with E-state index in [1.54, 1.807) is 31.3 Å². The number of hydrogen-bond acceptors (Lipinski definition) is 8. The highest BCUT2D eigenvalue weighted by Gasteiger charge is 2.29. The molecule has 0 aliphatic carbocycles. The average molecular weight is 477 g/mol. The number of morpholine rings is 1. The lowest BCUT2D eigenvalue weighted by atomic mass is 10.0. The summed E-state index contributed by atoms with van der Waals surface area (Å²) >= 11 is 0. The molecule has 182 valence electrons. The minimum Gasteiger partial charge on any atom is -0.497 e. The molecule has 0 atom stereocenters. The first-order valence-electron chi connectivity index (χ1n) is 11.6. The first kappa shape index (κ1) is 22.9. The number of fused-ring (bicyclic) bond motifs is 1. The molecule has 5 rings (SSSR count). The second-order valence-corrected chi connectivity index (χ2v) is 8.31. The number of carbonyl (C=O) groups excluding carboxylic acids is 1. The van der Waals surface area contributed by atoms with Gasteiger partial charge in [-0.3, -0.25) is 4.79 Å². The topological polar surface area (TPSA) is 86.3 Å². The van der Waals surface area contributed by atoms with Crippen LogP contribution in [0.25, 0.3) is 0 Å². The number of hydrogen-bond donors (Lipinski definition) is 0. The highest BCUT2D eigenvalue weighted by atomic mass is 16.5. The second kappa shape index (κ2) is 10.2. The van der Waals surface area contributed by atoms with Crippen LogP contribution in [0.4, 0.5) is 5.95 Å². The van der Waals surface area contributed by atoms with Gasteiger partial charge in [-0.05, 0) is 36.4 Å². The molecule has 0 bridgehead atoms. The Labute approximate surface area is 204 Å². The van der Waals surface area contributed by atoms with Crippen molar-refractivity contribution in [3.05, 3.63) is 65.4 Å². The molecule has 1 aromatic heterocycles. The first-order chi connectivity index (χ1) is 17.2. The molecule has 0 radical (unpaired) electrons. The standard InChI is InChI=1S/C26H28N4O5/c1-32-18-7-9-19(10-8-18)35-24-21-17-30(25(31)20-5-3-4-6-23(20)33-2)12-11-22(21)27-26(28-24)29-13-15-34-16-14-29/h3-10H,11-17H2,1-2H3. The van der Waals surface area contributed by atoms with Crippen molar-refractivity contribution in [2.75, 3.05) is 52.0 Å².